The Kier molecular flexibility index (Phi) is 4.11. The first kappa shape index (κ1) is 17.0. The van der Waals surface area contributed by atoms with Gasteiger partial charge in [0.1, 0.15) is 11.5 Å². The molecule has 1 saturated heterocycles. The maximum atomic E-state index is 13.0. The highest BCUT2D eigenvalue weighted by Gasteiger charge is 2.40. The van der Waals surface area contributed by atoms with E-state index in [-0.39, 0.29) is 18.0 Å². The fourth-order valence-electron chi connectivity index (χ4n) is 3.85. The molecule has 144 valence electrons. The first-order chi connectivity index (χ1) is 13.7. The van der Waals surface area contributed by atoms with E-state index in [0.29, 0.717) is 29.8 Å². The van der Waals surface area contributed by atoms with E-state index < -0.39 is 0 Å². The largest absolute Gasteiger partial charge is 0.366 e. The van der Waals surface area contributed by atoms with E-state index in [4.69, 9.17) is 0 Å². The highest BCUT2D eigenvalue weighted by molar-refractivity contribution is 6.05. The molecular weight excluding hydrogens is 356 g/mol. The number of nitrogens with zero attached hydrogens (tertiary/aromatic N) is 4. The third-order valence-corrected chi connectivity index (χ3v) is 5.55. The summed E-state index contributed by atoms with van der Waals surface area (Å²) >= 11 is 0. The zero-order chi connectivity index (χ0) is 19.1. The highest BCUT2D eigenvalue weighted by Crippen LogP contribution is 2.39. The molecule has 4 heterocycles. The zero-order valence-corrected chi connectivity index (χ0v) is 15.5. The van der Waals surface area contributed by atoms with E-state index in [2.05, 4.69) is 25.5 Å². The number of urea groups is 1. The van der Waals surface area contributed by atoms with E-state index in [1.807, 2.05) is 12.1 Å². The van der Waals surface area contributed by atoms with Gasteiger partial charge in [-0.1, -0.05) is 6.07 Å². The Labute approximate surface area is 163 Å². The summed E-state index contributed by atoms with van der Waals surface area (Å²) in [6.07, 6.45) is 4.86. The number of fused-ring (bicyclic) bond motifs is 4. The predicted molar refractivity (Wildman–Crippen MR) is 106 cm³/mol. The van der Waals surface area contributed by atoms with Crippen molar-refractivity contribution in [2.75, 3.05) is 34.8 Å². The lowest BCUT2D eigenvalue weighted by molar-refractivity contribution is 0.0947. The number of hydrogen-bond donors (Lipinski definition) is 2. The van der Waals surface area contributed by atoms with Crippen molar-refractivity contribution in [3.63, 3.8) is 0 Å². The monoisotopic (exact) mass is 378 g/mol. The topological polar surface area (TPSA) is 90.5 Å². The lowest BCUT2D eigenvalue weighted by atomic mass is 10.1. The third kappa shape index (κ3) is 3.15. The predicted octanol–water partition coefficient (Wildman–Crippen LogP) is 2.25. The molecule has 3 aliphatic rings. The Morgan fingerprint density at radius 3 is 2.82 bits per heavy atom. The van der Waals surface area contributed by atoms with Crippen LogP contribution in [-0.2, 0) is 0 Å². The van der Waals surface area contributed by atoms with Crippen LogP contribution >= 0.6 is 0 Å². The Balaban J connectivity index is 1.43. The molecule has 1 saturated carbocycles. The molecule has 0 aromatic carbocycles. The molecule has 8 heteroatoms. The fourth-order valence-corrected chi connectivity index (χ4v) is 3.85. The number of anilines is 3. The standard InChI is InChI=1S/C20H22N6O2/c27-19(22-11-13-4-5-13)15-6-7-16-18(23-15)26(14-8-10-25(16)12-14)20(28)24-17-3-1-2-9-21-17/h1-3,6-7,9,13-14H,4-5,8,10-12H2,(H,22,27)(H,21,24,28)/t14-/m0/s1. The first-order valence-corrected chi connectivity index (χ1v) is 9.74. The second kappa shape index (κ2) is 6.78. The average molecular weight is 378 g/mol. The van der Waals surface area contributed by atoms with Crippen LogP contribution in [0.3, 0.4) is 0 Å². The van der Waals surface area contributed by atoms with Crippen molar-refractivity contribution in [1.29, 1.82) is 0 Å². The van der Waals surface area contributed by atoms with Gasteiger partial charge in [-0.25, -0.2) is 14.8 Å². The summed E-state index contributed by atoms with van der Waals surface area (Å²) in [7, 11) is 0. The molecule has 8 nitrogen and oxygen atoms in total. The molecule has 2 aliphatic heterocycles. The minimum absolute atomic E-state index is 0.0356. The van der Waals surface area contributed by atoms with Gasteiger partial charge in [-0.3, -0.25) is 15.0 Å². The molecule has 0 spiro atoms. The molecule has 2 aromatic heterocycles. The van der Waals surface area contributed by atoms with Crippen molar-refractivity contribution < 1.29 is 9.59 Å². The summed E-state index contributed by atoms with van der Waals surface area (Å²) < 4.78 is 0. The van der Waals surface area contributed by atoms with Crippen LogP contribution in [0, 0.1) is 5.92 Å². The highest BCUT2D eigenvalue weighted by atomic mass is 16.2. The number of rotatable bonds is 4. The van der Waals surface area contributed by atoms with Crippen molar-refractivity contribution >= 4 is 29.3 Å². The van der Waals surface area contributed by atoms with Crippen molar-refractivity contribution in [3.8, 4) is 0 Å². The van der Waals surface area contributed by atoms with Gasteiger partial charge in [-0.05, 0) is 49.4 Å². The van der Waals surface area contributed by atoms with Gasteiger partial charge in [0.05, 0.1) is 11.7 Å². The van der Waals surface area contributed by atoms with Crippen LogP contribution in [0.1, 0.15) is 29.8 Å². The molecule has 2 aromatic rings. The van der Waals surface area contributed by atoms with Gasteiger partial charge in [0.15, 0.2) is 5.82 Å². The summed E-state index contributed by atoms with van der Waals surface area (Å²) in [5, 5.41) is 5.79. The third-order valence-electron chi connectivity index (χ3n) is 5.55. The molecule has 1 aliphatic carbocycles. The van der Waals surface area contributed by atoms with Crippen LogP contribution in [0.25, 0.3) is 0 Å². The zero-order valence-electron chi connectivity index (χ0n) is 15.5. The van der Waals surface area contributed by atoms with Crippen molar-refractivity contribution in [3.05, 3.63) is 42.2 Å². The minimum atomic E-state index is -0.269. The normalized spacial score (nSPS) is 19.9. The summed E-state index contributed by atoms with van der Waals surface area (Å²) in [5.41, 5.74) is 1.24. The van der Waals surface area contributed by atoms with Gasteiger partial charge in [-0.2, -0.15) is 0 Å². The number of pyridine rings is 2. The van der Waals surface area contributed by atoms with Gasteiger partial charge >= 0.3 is 6.03 Å². The Morgan fingerprint density at radius 2 is 2.04 bits per heavy atom. The van der Waals surface area contributed by atoms with Crippen molar-refractivity contribution in [1.82, 2.24) is 15.3 Å². The lowest BCUT2D eigenvalue weighted by Gasteiger charge is -2.35. The number of carbonyl (C=O) groups is 2. The van der Waals surface area contributed by atoms with Crippen LogP contribution in [0.4, 0.5) is 22.1 Å². The van der Waals surface area contributed by atoms with Gasteiger partial charge < -0.3 is 10.2 Å². The summed E-state index contributed by atoms with van der Waals surface area (Å²) in [6.45, 7) is 2.34. The molecule has 2 fully saturated rings. The van der Waals surface area contributed by atoms with Crippen LogP contribution < -0.4 is 20.4 Å². The SMILES string of the molecule is O=C(NCC1CC1)c1ccc2c(n1)N(C(=O)Nc1ccccn1)[C@H]1CCN2C1. The minimum Gasteiger partial charge on any atom is -0.366 e. The average Bonchev–Trinajstić information content (AvgIpc) is 3.46. The van der Waals surface area contributed by atoms with Crippen molar-refractivity contribution in [2.24, 2.45) is 5.92 Å². The van der Waals surface area contributed by atoms with E-state index in [0.717, 1.165) is 25.2 Å². The van der Waals surface area contributed by atoms with Gasteiger partial charge in [0, 0.05) is 25.8 Å². The van der Waals surface area contributed by atoms with Crippen LogP contribution in [-0.4, -0.2) is 47.6 Å². The smallest absolute Gasteiger partial charge is 0.329 e. The van der Waals surface area contributed by atoms with Crippen LogP contribution in [0.5, 0.6) is 0 Å². The number of nitrogens with one attached hydrogen (secondary N) is 2. The molecule has 5 rings (SSSR count). The molecule has 0 unspecified atom stereocenters. The Hall–Kier alpha value is -3.16. The van der Waals surface area contributed by atoms with Crippen molar-refractivity contribution in [2.45, 2.75) is 25.3 Å². The molecule has 1 atom stereocenters. The number of amides is 3. The molecule has 28 heavy (non-hydrogen) atoms. The second-order valence-electron chi connectivity index (χ2n) is 7.60. The van der Waals surface area contributed by atoms with E-state index in [1.54, 1.807) is 29.3 Å². The maximum Gasteiger partial charge on any atom is 0.329 e. The Morgan fingerprint density at radius 1 is 1.14 bits per heavy atom. The van der Waals surface area contributed by atoms with Gasteiger partial charge in [0.2, 0.25) is 0 Å². The molecule has 2 N–H and O–H groups in total. The lowest BCUT2D eigenvalue weighted by Crippen LogP contribution is -2.48. The second-order valence-corrected chi connectivity index (χ2v) is 7.60. The molecule has 2 bridgehead atoms. The van der Waals surface area contributed by atoms with E-state index >= 15 is 0 Å². The maximum absolute atomic E-state index is 13.0. The van der Waals surface area contributed by atoms with Crippen LogP contribution in [0.2, 0.25) is 0 Å². The molecular formula is C20H22N6O2. The van der Waals surface area contributed by atoms with E-state index in [9.17, 15) is 9.59 Å². The summed E-state index contributed by atoms with van der Waals surface area (Å²) in [6, 6.07) is 8.78. The number of carbonyl (C=O) groups excluding carboxylic acids is 2. The van der Waals surface area contributed by atoms with E-state index in [1.165, 1.54) is 12.8 Å². The van der Waals surface area contributed by atoms with Crippen LogP contribution in [0.15, 0.2) is 36.5 Å². The fraction of sp³-hybridized carbons (Fsp3) is 0.400. The summed E-state index contributed by atoms with van der Waals surface area (Å²) in [4.78, 5) is 38.2. The first-order valence-electron chi connectivity index (χ1n) is 9.74. The number of aromatic nitrogens is 2. The Bertz CT molecular complexity index is 914. The number of hydrogen-bond acceptors (Lipinski definition) is 5. The molecule has 3 amide bonds. The quantitative estimate of drug-likeness (QED) is 0.852. The van der Waals surface area contributed by atoms with Gasteiger partial charge in [0.25, 0.3) is 5.91 Å². The van der Waals surface area contributed by atoms with Gasteiger partial charge in [-0.15, -0.1) is 0 Å². The summed E-state index contributed by atoms with van der Waals surface area (Å²) in [5.74, 6) is 1.45. The molecule has 0 radical (unpaired) electrons.